The van der Waals surface area contributed by atoms with Crippen LogP contribution in [0.25, 0.3) is 0 Å². The van der Waals surface area contributed by atoms with Crippen LogP contribution in [0.3, 0.4) is 0 Å². The van der Waals surface area contributed by atoms with Crippen molar-refractivity contribution in [2.24, 2.45) is 0 Å². The van der Waals surface area contributed by atoms with Gasteiger partial charge in [-0.3, -0.25) is 0 Å². The predicted molar refractivity (Wildman–Crippen MR) is 51.8 cm³/mol. The number of para-hydroxylation sites is 1. The van der Waals surface area contributed by atoms with Crippen molar-refractivity contribution < 1.29 is 18.6 Å². The lowest BCUT2D eigenvalue weighted by molar-refractivity contribution is 0.218. The normalized spacial score (nSPS) is 13.9. The molecule has 0 amide bonds. The van der Waals surface area contributed by atoms with Gasteiger partial charge >= 0.3 is 0 Å². The maximum absolute atomic E-state index is 11.5. The third kappa shape index (κ3) is 2.46. The minimum Gasteiger partial charge on any atom is -0.507 e. The second kappa shape index (κ2) is 3.98. The second-order valence-corrected chi connectivity index (χ2v) is 5.10. The lowest BCUT2D eigenvalue weighted by Crippen LogP contribution is -2.17. The Morgan fingerprint density at radius 2 is 1.93 bits per heavy atom. The van der Waals surface area contributed by atoms with Gasteiger partial charge in [-0.1, -0.05) is 12.1 Å². The summed E-state index contributed by atoms with van der Waals surface area (Å²) >= 11 is 0. The first-order chi connectivity index (χ1) is 6.43. The number of phenolic OH excluding ortho intramolecular Hbond substituents is 1. The molecular formula is C9H12O4S. The highest BCUT2D eigenvalue weighted by atomic mass is 32.2. The zero-order chi connectivity index (χ0) is 10.8. The summed E-state index contributed by atoms with van der Waals surface area (Å²) in [5.74, 6) is -0.668. The molecule has 0 saturated heterocycles. The van der Waals surface area contributed by atoms with Crippen molar-refractivity contribution in [3.8, 4) is 5.75 Å². The van der Waals surface area contributed by atoms with Gasteiger partial charge in [-0.05, 0) is 19.1 Å². The molecule has 0 bridgehead atoms. The largest absolute Gasteiger partial charge is 0.507 e. The number of benzene rings is 1. The van der Waals surface area contributed by atoms with Crippen molar-refractivity contribution in [1.29, 1.82) is 0 Å². The molecule has 1 unspecified atom stereocenters. The van der Waals surface area contributed by atoms with Crippen LogP contribution in [-0.2, 0) is 9.84 Å². The highest BCUT2D eigenvalue weighted by Gasteiger charge is 2.20. The molecular weight excluding hydrogens is 204 g/mol. The van der Waals surface area contributed by atoms with Crippen LogP contribution in [0, 0.1) is 0 Å². The van der Waals surface area contributed by atoms with Gasteiger partial charge in [0, 0.05) is 0 Å². The van der Waals surface area contributed by atoms with Crippen LogP contribution in [0.2, 0.25) is 0 Å². The molecule has 1 aromatic carbocycles. The molecule has 14 heavy (non-hydrogen) atoms. The van der Waals surface area contributed by atoms with Crippen LogP contribution >= 0.6 is 0 Å². The van der Waals surface area contributed by atoms with E-state index >= 15 is 0 Å². The van der Waals surface area contributed by atoms with Gasteiger partial charge in [-0.25, -0.2) is 8.42 Å². The molecule has 1 rings (SSSR count). The monoisotopic (exact) mass is 216 g/mol. The molecule has 0 aliphatic rings. The first-order valence-corrected chi connectivity index (χ1v) is 5.77. The summed E-state index contributed by atoms with van der Waals surface area (Å²) in [5.41, 5.74) is 0. The molecule has 0 aliphatic heterocycles. The Hall–Kier alpha value is -1.07. The van der Waals surface area contributed by atoms with Crippen LogP contribution in [-0.4, -0.2) is 30.5 Å². The maximum Gasteiger partial charge on any atom is 0.184 e. The summed E-state index contributed by atoms with van der Waals surface area (Å²) in [5, 5.41) is 18.3. The van der Waals surface area contributed by atoms with Crippen molar-refractivity contribution in [2.75, 3.05) is 5.75 Å². The molecule has 5 heteroatoms. The van der Waals surface area contributed by atoms with Crippen molar-refractivity contribution >= 4 is 9.84 Å². The van der Waals surface area contributed by atoms with Gasteiger partial charge in [-0.2, -0.15) is 0 Å². The molecule has 78 valence electrons. The van der Waals surface area contributed by atoms with Gasteiger partial charge in [0.1, 0.15) is 10.6 Å². The molecule has 1 atom stereocenters. The number of phenols is 1. The fourth-order valence-corrected chi connectivity index (χ4v) is 2.61. The molecule has 0 aromatic heterocycles. The van der Waals surface area contributed by atoms with E-state index in [4.69, 9.17) is 5.11 Å². The van der Waals surface area contributed by atoms with E-state index in [1.807, 2.05) is 0 Å². The molecule has 4 nitrogen and oxygen atoms in total. The number of hydrogen-bond acceptors (Lipinski definition) is 4. The fraction of sp³-hybridized carbons (Fsp3) is 0.333. The van der Waals surface area contributed by atoms with Crippen molar-refractivity contribution in [3.63, 3.8) is 0 Å². The minimum absolute atomic E-state index is 0.138. The number of aliphatic hydroxyl groups excluding tert-OH is 1. The maximum atomic E-state index is 11.5. The van der Waals surface area contributed by atoms with Gasteiger partial charge in [0.15, 0.2) is 9.84 Å². The SMILES string of the molecule is CC(O)CS(=O)(=O)c1ccccc1O. The first kappa shape index (κ1) is 11.0. The van der Waals surface area contributed by atoms with Gasteiger partial charge in [0.2, 0.25) is 0 Å². The Bertz CT molecular complexity index is 409. The molecule has 0 spiro atoms. The van der Waals surface area contributed by atoms with Crippen LogP contribution in [0.4, 0.5) is 0 Å². The topological polar surface area (TPSA) is 74.6 Å². The van der Waals surface area contributed by atoms with Crippen LogP contribution in [0.5, 0.6) is 5.75 Å². The summed E-state index contributed by atoms with van der Waals surface area (Å²) in [4.78, 5) is -0.138. The summed E-state index contributed by atoms with van der Waals surface area (Å²) in [7, 11) is -3.59. The van der Waals surface area contributed by atoms with E-state index in [1.165, 1.54) is 31.2 Å². The highest BCUT2D eigenvalue weighted by Crippen LogP contribution is 2.22. The third-order valence-electron chi connectivity index (χ3n) is 1.66. The third-order valence-corrected chi connectivity index (χ3v) is 3.60. The van der Waals surface area contributed by atoms with Crippen molar-refractivity contribution in [2.45, 2.75) is 17.9 Å². The van der Waals surface area contributed by atoms with Crippen molar-refractivity contribution in [1.82, 2.24) is 0 Å². The molecule has 0 radical (unpaired) electrons. The van der Waals surface area contributed by atoms with E-state index in [0.717, 1.165) is 0 Å². The Kier molecular flexibility index (Phi) is 3.13. The summed E-state index contributed by atoms with van der Waals surface area (Å²) in [6.45, 7) is 1.39. The Labute approximate surface area is 82.7 Å². The Balaban J connectivity index is 3.11. The van der Waals surface area contributed by atoms with E-state index in [9.17, 15) is 13.5 Å². The number of aromatic hydroxyl groups is 1. The molecule has 0 fully saturated rings. The van der Waals surface area contributed by atoms with Crippen LogP contribution < -0.4 is 0 Å². The van der Waals surface area contributed by atoms with E-state index in [-0.39, 0.29) is 16.4 Å². The fourth-order valence-electron chi connectivity index (χ4n) is 1.13. The zero-order valence-corrected chi connectivity index (χ0v) is 8.53. The molecule has 0 saturated carbocycles. The predicted octanol–water partition coefficient (Wildman–Crippen LogP) is 0.547. The highest BCUT2D eigenvalue weighted by molar-refractivity contribution is 7.91. The van der Waals surface area contributed by atoms with E-state index < -0.39 is 15.9 Å². The summed E-state index contributed by atoms with van der Waals surface area (Å²) < 4.78 is 23.1. The Morgan fingerprint density at radius 1 is 1.36 bits per heavy atom. The molecule has 2 N–H and O–H groups in total. The zero-order valence-electron chi connectivity index (χ0n) is 7.71. The standard InChI is InChI=1S/C9H12O4S/c1-7(10)6-14(12,13)9-5-3-2-4-8(9)11/h2-5,7,10-11H,6H2,1H3. The average Bonchev–Trinajstić information content (AvgIpc) is 2.02. The number of sulfone groups is 1. The number of hydrogen-bond donors (Lipinski definition) is 2. The average molecular weight is 216 g/mol. The lowest BCUT2D eigenvalue weighted by Gasteiger charge is -2.07. The van der Waals surface area contributed by atoms with Crippen LogP contribution in [0.1, 0.15) is 6.92 Å². The lowest BCUT2D eigenvalue weighted by atomic mass is 10.3. The van der Waals surface area contributed by atoms with Crippen LogP contribution in [0.15, 0.2) is 29.2 Å². The number of rotatable bonds is 3. The van der Waals surface area contributed by atoms with E-state index in [2.05, 4.69) is 0 Å². The quantitative estimate of drug-likeness (QED) is 0.773. The minimum atomic E-state index is -3.59. The molecule has 0 aliphatic carbocycles. The van der Waals surface area contributed by atoms with Gasteiger partial charge in [0.25, 0.3) is 0 Å². The van der Waals surface area contributed by atoms with Gasteiger partial charge in [-0.15, -0.1) is 0 Å². The van der Waals surface area contributed by atoms with E-state index in [0.29, 0.717) is 0 Å². The smallest absolute Gasteiger partial charge is 0.184 e. The summed E-state index contributed by atoms with van der Waals surface area (Å²) in [6.07, 6.45) is -0.945. The number of aliphatic hydroxyl groups is 1. The Morgan fingerprint density at radius 3 is 2.43 bits per heavy atom. The van der Waals surface area contributed by atoms with E-state index in [1.54, 1.807) is 0 Å². The van der Waals surface area contributed by atoms with Gasteiger partial charge in [0.05, 0.1) is 11.9 Å². The summed E-state index contributed by atoms with van der Waals surface area (Å²) in [6, 6.07) is 5.67. The first-order valence-electron chi connectivity index (χ1n) is 4.12. The second-order valence-electron chi connectivity index (χ2n) is 3.10. The molecule has 1 aromatic rings. The van der Waals surface area contributed by atoms with Gasteiger partial charge < -0.3 is 10.2 Å². The van der Waals surface area contributed by atoms with Crippen molar-refractivity contribution in [3.05, 3.63) is 24.3 Å². The molecule has 0 heterocycles.